The van der Waals surface area contributed by atoms with Gasteiger partial charge in [0.2, 0.25) is 0 Å². The van der Waals surface area contributed by atoms with Crippen molar-refractivity contribution in [3.63, 3.8) is 0 Å². The summed E-state index contributed by atoms with van der Waals surface area (Å²) in [5, 5.41) is 9.40. The van der Waals surface area contributed by atoms with Crippen molar-refractivity contribution in [2.45, 2.75) is 77.9 Å². The molecule has 0 bridgehead atoms. The summed E-state index contributed by atoms with van der Waals surface area (Å²) in [6.07, 6.45) is 4.83. The van der Waals surface area contributed by atoms with Gasteiger partial charge in [0.25, 0.3) is 0 Å². The minimum Gasteiger partial charge on any atom is -0.481 e. The summed E-state index contributed by atoms with van der Waals surface area (Å²) in [7, 11) is 0. The van der Waals surface area contributed by atoms with Gasteiger partial charge in [0.1, 0.15) is 6.10 Å². The van der Waals surface area contributed by atoms with Crippen LogP contribution in [0.5, 0.6) is 0 Å². The van der Waals surface area contributed by atoms with E-state index in [9.17, 15) is 14.7 Å². The fourth-order valence-electron chi connectivity index (χ4n) is 4.17. The van der Waals surface area contributed by atoms with Crippen LogP contribution in [0.2, 0.25) is 0 Å². The molecular weight excluding hydrogens is 410 g/mol. The fourth-order valence-corrected chi connectivity index (χ4v) is 4.17. The predicted octanol–water partition coefficient (Wildman–Crippen LogP) is 4.59. The van der Waals surface area contributed by atoms with Crippen LogP contribution in [-0.2, 0) is 30.7 Å². The highest BCUT2D eigenvalue weighted by Gasteiger charge is 2.39. The number of carbonyl (C=O) groups is 2. The fraction of sp³-hybridized carbons (Fsp3) is 0.680. The van der Waals surface area contributed by atoms with Crippen molar-refractivity contribution < 1.29 is 29.2 Å². The molecule has 0 spiro atoms. The molecule has 7 heteroatoms. The van der Waals surface area contributed by atoms with Crippen LogP contribution in [0.15, 0.2) is 30.3 Å². The van der Waals surface area contributed by atoms with Crippen LogP contribution in [0.3, 0.4) is 0 Å². The van der Waals surface area contributed by atoms with E-state index in [1.807, 2.05) is 32.0 Å². The van der Waals surface area contributed by atoms with Gasteiger partial charge in [-0.3, -0.25) is 9.68 Å². The number of benzene rings is 1. The summed E-state index contributed by atoms with van der Waals surface area (Å²) in [5.41, 5.74) is 0.623. The van der Waals surface area contributed by atoms with E-state index in [0.29, 0.717) is 19.4 Å². The Bertz CT molecular complexity index is 668. The molecule has 1 N–H and O–H groups in total. The zero-order valence-electron chi connectivity index (χ0n) is 19.6. The number of hydrogen-bond donors (Lipinski definition) is 1. The van der Waals surface area contributed by atoms with E-state index in [1.54, 1.807) is 0 Å². The molecule has 0 atom stereocenters. The second kappa shape index (κ2) is 14.2. The minimum atomic E-state index is -0.872. The van der Waals surface area contributed by atoms with E-state index in [2.05, 4.69) is 17.0 Å². The minimum absolute atomic E-state index is 0.0196. The zero-order chi connectivity index (χ0) is 23.2. The molecule has 180 valence electrons. The highest BCUT2D eigenvalue weighted by molar-refractivity contribution is 5.73. The molecule has 1 aromatic carbocycles. The maximum atomic E-state index is 12.3. The largest absolute Gasteiger partial charge is 0.481 e. The Morgan fingerprint density at radius 3 is 2.38 bits per heavy atom. The second-order valence-corrected chi connectivity index (χ2v) is 8.82. The maximum absolute atomic E-state index is 12.3. The smallest absolute Gasteiger partial charge is 0.342 e. The molecular formula is C25H39NO6. The Kier molecular flexibility index (Phi) is 11.7. The molecule has 0 radical (unpaired) electrons. The van der Waals surface area contributed by atoms with Crippen molar-refractivity contribution in [3.8, 4) is 0 Å². The summed E-state index contributed by atoms with van der Waals surface area (Å²) in [5.74, 6) is -1.34. The molecule has 0 unspecified atom stereocenters. The number of nitrogens with zero attached hydrogens (tertiary/aromatic N) is 1. The number of carboxylic acid groups (broad SMARTS) is 1. The lowest BCUT2D eigenvalue weighted by Gasteiger charge is -2.40. The average Bonchev–Trinajstić information content (AvgIpc) is 2.78. The molecule has 1 saturated heterocycles. The number of unbranched alkanes of at least 4 members (excludes halogenated alkanes) is 1. The Labute approximate surface area is 192 Å². The highest BCUT2D eigenvalue weighted by Crippen LogP contribution is 2.39. The summed E-state index contributed by atoms with van der Waals surface area (Å²) in [4.78, 5) is 36.3. The molecule has 1 aliphatic rings. The van der Waals surface area contributed by atoms with E-state index in [1.165, 1.54) is 5.56 Å². The number of carbonyl (C=O) groups excluding carboxylic acids is 1. The lowest BCUT2D eigenvalue weighted by molar-refractivity contribution is -0.300. The molecule has 1 fully saturated rings. The topological polar surface area (TPSA) is 85.3 Å². The zero-order valence-corrected chi connectivity index (χ0v) is 19.6. The van der Waals surface area contributed by atoms with Crippen LogP contribution < -0.4 is 0 Å². The van der Waals surface area contributed by atoms with Crippen LogP contribution in [-0.4, -0.2) is 54.3 Å². The standard InChI is InChI=1S/C25H39NO6/c1-3-22(4-2)31-32-24(29)19-25(18-23(27)28)12-15-26(16-13-25)14-8-9-17-30-20-21-10-6-5-7-11-21/h5-7,10-11,22H,3-4,8-9,12-20H2,1-2H3,(H,27,28). The van der Waals surface area contributed by atoms with E-state index in [-0.39, 0.29) is 18.9 Å². The van der Waals surface area contributed by atoms with Crippen molar-refractivity contribution >= 4 is 11.9 Å². The predicted molar refractivity (Wildman–Crippen MR) is 122 cm³/mol. The average molecular weight is 450 g/mol. The van der Waals surface area contributed by atoms with Gasteiger partial charge in [-0.2, -0.15) is 4.89 Å². The summed E-state index contributed by atoms with van der Waals surface area (Å²) < 4.78 is 5.74. The first kappa shape index (κ1) is 26.3. The summed E-state index contributed by atoms with van der Waals surface area (Å²) >= 11 is 0. The first-order valence-electron chi connectivity index (χ1n) is 11.9. The lowest BCUT2D eigenvalue weighted by atomic mass is 9.73. The summed E-state index contributed by atoms with van der Waals surface area (Å²) in [6, 6.07) is 10.1. The van der Waals surface area contributed by atoms with Crippen molar-refractivity contribution in [1.82, 2.24) is 4.90 Å². The normalized spacial score (nSPS) is 16.2. The molecule has 1 aromatic rings. The van der Waals surface area contributed by atoms with Crippen LogP contribution >= 0.6 is 0 Å². The number of aliphatic carboxylic acids is 1. The number of hydrogen-bond acceptors (Lipinski definition) is 6. The van der Waals surface area contributed by atoms with E-state index >= 15 is 0 Å². The second-order valence-electron chi connectivity index (χ2n) is 8.82. The van der Waals surface area contributed by atoms with E-state index < -0.39 is 17.4 Å². The number of carboxylic acids is 1. The molecule has 32 heavy (non-hydrogen) atoms. The first-order chi connectivity index (χ1) is 15.5. The van der Waals surface area contributed by atoms with Gasteiger partial charge in [0.15, 0.2) is 0 Å². The van der Waals surface area contributed by atoms with Gasteiger partial charge in [-0.05, 0) is 69.1 Å². The number of rotatable bonds is 15. The Hall–Kier alpha value is -1.96. The molecule has 1 heterocycles. The third-order valence-electron chi connectivity index (χ3n) is 6.27. The van der Waals surface area contributed by atoms with Gasteiger partial charge >= 0.3 is 11.9 Å². The van der Waals surface area contributed by atoms with Crippen LogP contribution in [0.1, 0.15) is 70.8 Å². The van der Waals surface area contributed by atoms with Crippen molar-refractivity contribution in [1.29, 1.82) is 0 Å². The Balaban J connectivity index is 1.68. The monoisotopic (exact) mass is 449 g/mol. The van der Waals surface area contributed by atoms with Crippen molar-refractivity contribution in [2.24, 2.45) is 5.41 Å². The molecule has 0 amide bonds. The van der Waals surface area contributed by atoms with Crippen LogP contribution in [0.4, 0.5) is 0 Å². The maximum Gasteiger partial charge on any atom is 0.342 e. The number of piperidine rings is 1. The van der Waals surface area contributed by atoms with E-state index in [4.69, 9.17) is 14.5 Å². The first-order valence-corrected chi connectivity index (χ1v) is 11.9. The molecule has 0 saturated carbocycles. The Morgan fingerprint density at radius 2 is 1.75 bits per heavy atom. The molecule has 1 aliphatic heterocycles. The van der Waals surface area contributed by atoms with Crippen LogP contribution in [0.25, 0.3) is 0 Å². The molecule has 7 nitrogen and oxygen atoms in total. The Morgan fingerprint density at radius 1 is 1.06 bits per heavy atom. The third-order valence-corrected chi connectivity index (χ3v) is 6.27. The van der Waals surface area contributed by atoms with Gasteiger partial charge in [-0.1, -0.05) is 44.2 Å². The lowest BCUT2D eigenvalue weighted by Crippen LogP contribution is -2.43. The van der Waals surface area contributed by atoms with Gasteiger partial charge in [-0.25, -0.2) is 4.79 Å². The van der Waals surface area contributed by atoms with Crippen LogP contribution in [0, 0.1) is 5.41 Å². The van der Waals surface area contributed by atoms with E-state index in [0.717, 1.165) is 51.9 Å². The molecule has 0 aliphatic carbocycles. The molecule has 0 aromatic heterocycles. The van der Waals surface area contributed by atoms with Crippen molar-refractivity contribution in [3.05, 3.63) is 35.9 Å². The highest BCUT2D eigenvalue weighted by atomic mass is 17.2. The number of likely N-dealkylation sites (tertiary alicyclic amines) is 1. The van der Waals surface area contributed by atoms with Gasteiger partial charge in [-0.15, -0.1) is 0 Å². The molecule has 2 rings (SSSR count). The van der Waals surface area contributed by atoms with Gasteiger partial charge in [0, 0.05) is 6.61 Å². The third kappa shape index (κ3) is 9.67. The SMILES string of the molecule is CCC(CC)OOC(=O)CC1(CC(=O)O)CCN(CCCCOCc2ccccc2)CC1. The quantitative estimate of drug-likeness (QED) is 0.238. The van der Waals surface area contributed by atoms with Gasteiger partial charge < -0.3 is 14.7 Å². The van der Waals surface area contributed by atoms with Crippen molar-refractivity contribution in [2.75, 3.05) is 26.2 Å². The summed E-state index contributed by atoms with van der Waals surface area (Å²) in [6.45, 7) is 7.85. The van der Waals surface area contributed by atoms with Gasteiger partial charge in [0.05, 0.1) is 19.4 Å². The number of ether oxygens (including phenoxy) is 1.